The molecule has 0 unspecified atom stereocenters. The number of hydrogen-bond acceptors (Lipinski definition) is 0. The van der Waals surface area contributed by atoms with Crippen molar-refractivity contribution in [1.29, 1.82) is 0 Å². The highest BCUT2D eigenvalue weighted by molar-refractivity contribution is 6.22. The van der Waals surface area contributed by atoms with E-state index >= 15 is 0 Å². The van der Waals surface area contributed by atoms with Crippen LogP contribution in [0.4, 0.5) is 0 Å². The maximum absolute atomic E-state index is 2.44. The fraction of sp³-hybridized carbons (Fsp3) is 0.0943. The summed E-state index contributed by atoms with van der Waals surface area (Å²) in [5.74, 6) is 0. The van der Waals surface area contributed by atoms with E-state index in [9.17, 15) is 0 Å². The standard InChI is InChI=1S/C47H34.C6H10/c1-47(2)43-29-35(31-14-6-3-7-15-31)22-25-37(43)38-26-23-36(30-44(38)47)34-24-27-41-42(28-34)46(33-18-10-5-11-19-33)40-21-13-12-20-39(40)45(41)32-16-8-4-9-17-32;1-3-5-6-4-2/h3-30H,1-2H3;3-6H,1-2H3/b;5-3-,6-4-. The molecule has 0 saturated heterocycles. The molecule has 8 aromatic carbocycles. The lowest BCUT2D eigenvalue weighted by Crippen LogP contribution is -2.15. The molecule has 0 heteroatoms. The molecular formula is C53H44. The van der Waals surface area contributed by atoms with E-state index in [0.717, 1.165) is 0 Å². The highest BCUT2D eigenvalue weighted by atomic mass is 14.4. The van der Waals surface area contributed by atoms with Crippen LogP contribution in [0.25, 0.3) is 77.2 Å². The van der Waals surface area contributed by atoms with Crippen LogP contribution in [0.1, 0.15) is 38.8 Å². The summed E-state index contributed by atoms with van der Waals surface area (Å²) in [6, 6.07) is 62.6. The third-order valence-corrected chi connectivity index (χ3v) is 10.8. The number of hydrogen-bond donors (Lipinski definition) is 0. The lowest BCUT2D eigenvalue weighted by molar-refractivity contribution is 0.661. The molecule has 0 amide bonds. The van der Waals surface area contributed by atoms with Gasteiger partial charge >= 0.3 is 0 Å². The second-order valence-corrected chi connectivity index (χ2v) is 14.4. The lowest BCUT2D eigenvalue weighted by Gasteiger charge is -2.23. The first-order valence-corrected chi connectivity index (χ1v) is 18.7. The van der Waals surface area contributed by atoms with E-state index < -0.39 is 0 Å². The predicted molar refractivity (Wildman–Crippen MR) is 230 cm³/mol. The molecular weight excluding hydrogens is 637 g/mol. The maximum Gasteiger partial charge on any atom is 0.0159 e. The summed E-state index contributed by atoms with van der Waals surface area (Å²) in [6.45, 7) is 8.75. The first-order chi connectivity index (χ1) is 26.0. The molecule has 0 nitrogen and oxygen atoms in total. The van der Waals surface area contributed by atoms with Crippen molar-refractivity contribution in [3.8, 4) is 55.6 Å². The molecule has 0 bridgehead atoms. The highest BCUT2D eigenvalue weighted by Gasteiger charge is 2.36. The molecule has 9 rings (SSSR count). The maximum atomic E-state index is 2.44. The molecule has 0 atom stereocenters. The molecule has 0 aliphatic heterocycles. The van der Waals surface area contributed by atoms with Crippen molar-refractivity contribution < 1.29 is 0 Å². The Morgan fingerprint density at radius 3 is 1.21 bits per heavy atom. The Morgan fingerprint density at radius 1 is 0.340 bits per heavy atom. The normalized spacial score (nSPS) is 12.9. The monoisotopic (exact) mass is 680 g/mol. The zero-order valence-corrected chi connectivity index (χ0v) is 31.0. The molecule has 1 aliphatic rings. The minimum absolute atomic E-state index is 0.103. The Balaban J connectivity index is 0.000000618. The minimum Gasteiger partial charge on any atom is -0.0877 e. The van der Waals surface area contributed by atoms with Crippen molar-refractivity contribution in [3.05, 3.63) is 205 Å². The number of allylic oxidation sites excluding steroid dienone is 4. The van der Waals surface area contributed by atoms with Crippen LogP contribution in [0.15, 0.2) is 194 Å². The molecule has 53 heavy (non-hydrogen) atoms. The SMILES string of the molecule is C/C=C\C=C/C.CC1(C)c2cc(-c3ccccc3)ccc2-c2ccc(-c3ccc4c(-c5ccccc5)c5ccccc5c(-c5ccccc5)c4c3)cc21. The quantitative estimate of drug-likeness (QED) is 0.125. The van der Waals surface area contributed by atoms with Gasteiger partial charge in [0.15, 0.2) is 0 Å². The summed E-state index contributed by atoms with van der Waals surface area (Å²) in [6.07, 6.45) is 8.00. The van der Waals surface area contributed by atoms with Gasteiger partial charge in [-0.15, -0.1) is 0 Å². The van der Waals surface area contributed by atoms with Crippen LogP contribution < -0.4 is 0 Å². The van der Waals surface area contributed by atoms with Crippen molar-refractivity contribution in [2.75, 3.05) is 0 Å². The van der Waals surface area contributed by atoms with Gasteiger partial charge in [-0.25, -0.2) is 0 Å². The molecule has 256 valence electrons. The third-order valence-electron chi connectivity index (χ3n) is 10.8. The minimum atomic E-state index is -0.103. The Morgan fingerprint density at radius 2 is 0.717 bits per heavy atom. The molecule has 0 heterocycles. The van der Waals surface area contributed by atoms with E-state index in [1.54, 1.807) is 0 Å². The first-order valence-electron chi connectivity index (χ1n) is 18.7. The van der Waals surface area contributed by atoms with Gasteiger partial charge < -0.3 is 0 Å². The average Bonchev–Trinajstić information content (AvgIpc) is 3.44. The van der Waals surface area contributed by atoms with Crippen LogP contribution in [0, 0.1) is 0 Å². The first kappa shape index (κ1) is 33.9. The summed E-state index contributed by atoms with van der Waals surface area (Å²) < 4.78 is 0. The Bertz CT molecular complexity index is 2610. The van der Waals surface area contributed by atoms with E-state index in [-0.39, 0.29) is 5.41 Å². The topological polar surface area (TPSA) is 0 Å². The van der Waals surface area contributed by atoms with Crippen molar-refractivity contribution in [2.24, 2.45) is 0 Å². The molecule has 0 aromatic heterocycles. The molecule has 0 N–H and O–H groups in total. The van der Waals surface area contributed by atoms with Gasteiger partial charge in [0.25, 0.3) is 0 Å². The van der Waals surface area contributed by atoms with E-state index in [2.05, 4.69) is 184 Å². The largest absolute Gasteiger partial charge is 0.0877 e. The van der Waals surface area contributed by atoms with Gasteiger partial charge in [0.1, 0.15) is 0 Å². The number of benzene rings is 8. The lowest BCUT2D eigenvalue weighted by atomic mass is 9.80. The summed E-state index contributed by atoms with van der Waals surface area (Å²) in [5, 5.41) is 5.12. The van der Waals surface area contributed by atoms with Crippen LogP contribution in [0.3, 0.4) is 0 Å². The van der Waals surface area contributed by atoms with E-state index in [1.165, 1.54) is 88.3 Å². The van der Waals surface area contributed by atoms with Gasteiger partial charge in [-0.05, 0) is 120 Å². The number of rotatable bonds is 5. The second-order valence-electron chi connectivity index (χ2n) is 14.4. The molecule has 0 radical (unpaired) electrons. The van der Waals surface area contributed by atoms with Crippen molar-refractivity contribution in [3.63, 3.8) is 0 Å². The molecule has 1 aliphatic carbocycles. The van der Waals surface area contributed by atoms with Gasteiger partial charge in [-0.1, -0.05) is 190 Å². The van der Waals surface area contributed by atoms with E-state index in [1.807, 2.05) is 38.2 Å². The smallest absolute Gasteiger partial charge is 0.0159 e. The number of fused-ring (bicyclic) bond motifs is 5. The van der Waals surface area contributed by atoms with Crippen LogP contribution in [0.2, 0.25) is 0 Å². The summed E-state index contributed by atoms with van der Waals surface area (Å²) in [4.78, 5) is 0. The molecule has 0 spiro atoms. The van der Waals surface area contributed by atoms with Gasteiger partial charge in [0.2, 0.25) is 0 Å². The van der Waals surface area contributed by atoms with Crippen molar-refractivity contribution in [1.82, 2.24) is 0 Å². The van der Waals surface area contributed by atoms with E-state index in [0.29, 0.717) is 0 Å². The Hall–Kier alpha value is -6.24. The summed E-state index contributed by atoms with van der Waals surface area (Å²) >= 11 is 0. The summed E-state index contributed by atoms with van der Waals surface area (Å²) in [5.41, 5.74) is 15.5. The Labute approximate surface area is 314 Å². The fourth-order valence-corrected chi connectivity index (χ4v) is 8.14. The van der Waals surface area contributed by atoms with Crippen LogP contribution in [-0.2, 0) is 5.41 Å². The van der Waals surface area contributed by atoms with Crippen LogP contribution >= 0.6 is 0 Å². The van der Waals surface area contributed by atoms with Crippen LogP contribution in [0.5, 0.6) is 0 Å². The molecule has 0 fully saturated rings. The Kier molecular flexibility index (Phi) is 9.21. The average molecular weight is 681 g/mol. The van der Waals surface area contributed by atoms with Crippen molar-refractivity contribution in [2.45, 2.75) is 33.1 Å². The summed E-state index contributed by atoms with van der Waals surface area (Å²) in [7, 11) is 0. The van der Waals surface area contributed by atoms with E-state index in [4.69, 9.17) is 0 Å². The van der Waals surface area contributed by atoms with Gasteiger partial charge in [-0.3, -0.25) is 0 Å². The molecule has 0 saturated carbocycles. The predicted octanol–water partition coefficient (Wildman–Crippen LogP) is 15.1. The van der Waals surface area contributed by atoms with Gasteiger partial charge in [0, 0.05) is 5.41 Å². The van der Waals surface area contributed by atoms with Gasteiger partial charge in [0.05, 0.1) is 0 Å². The fourth-order valence-electron chi connectivity index (χ4n) is 8.14. The third kappa shape index (κ3) is 6.21. The zero-order valence-electron chi connectivity index (χ0n) is 31.0. The van der Waals surface area contributed by atoms with Gasteiger partial charge in [-0.2, -0.15) is 0 Å². The van der Waals surface area contributed by atoms with Crippen LogP contribution in [-0.4, -0.2) is 0 Å². The van der Waals surface area contributed by atoms with Crippen molar-refractivity contribution >= 4 is 21.5 Å². The zero-order chi connectivity index (χ0) is 36.4. The molecule has 8 aromatic rings. The highest BCUT2D eigenvalue weighted by Crippen LogP contribution is 2.51. The second kappa shape index (κ2) is 14.4.